The van der Waals surface area contributed by atoms with Crippen LogP contribution in [0.15, 0.2) is 231 Å². The van der Waals surface area contributed by atoms with Crippen LogP contribution in [-0.4, -0.2) is 29.9 Å². The van der Waals surface area contributed by atoms with Crippen LogP contribution in [-0.2, 0) is 23.9 Å². The summed E-state index contributed by atoms with van der Waals surface area (Å²) in [5, 5.41) is 8.18. The Kier molecular flexibility index (Phi) is 15.5. The summed E-state index contributed by atoms with van der Waals surface area (Å²) in [5.74, 6) is 1.47. The highest BCUT2D eigenvalue weighted by Crippen LogP contribution is 2.46. The Balaban J connectivity index is 1.07. The standard InChI is InChI=1S/C80H74N8/c1-9-61-51(5)75-73(65-45-31-47-71(81-65)87-79(55-33-19-13-20-34-55,56-35-21-14-22-36-56)57-37-23-15-24-38-57)76-53(7)63(11-3)69(85-76)50-70-64(12-4)54(8)78(86-70)74(77-52(6)62(10-2)68(84-77)49-67(61)83-75)66-46-32-48-72(82-66)88-80(58-39-25-16-26-40-58,59-41-27-17-28-42-59)60-43-29-18-30-44-60/h13-50,83,86H,9-12H2,1-8H3,(H,81,87)(H,82,88). The average Bonchev–Trinajstić information content (AvgIpc) is 1.36. The molecule has 0 unspecified atom stereocenters. The first-order valence-corrected chi connectivity index (χ1v) is 31.1. The molecule has 7 heterocycles. The smallest absolute Gasteiger partial charge is 0.127 e. The van der Waals surface area contributed by atoms with Crippen LogP contribution in [0, 0.1) is 13.8 Å². The minimum atomic E-state index is -0.789. The molecule has 4 N–H and O–H groups in total. The number of pyridine rings is 2. The number of aromatic amines is 2. The molecule has 8 nitrogen and oxygen atoms in total. The van der Waals surface area contributed by atoms with Crippen molar-refractivity contribution < 1.29 is 0 Å². The second-order valence-corrected chi connectivity index (χ2v) is 23.1. The van der Waals surface area contributed by atoms with Crippen LogP contribution in [0.25, 0.3) is 66.9 Å². The van der Waals surface area contributed by atoms with E-state index in [0.717, 1.165) is 160 Å². The normalized spacial score (nSPS) is 12.6. The fourth-order valence-corrected chi connectivity index (χ4v) is 14.0. The molecular formula is C80H74N8. The molecule has 434 valence electrons. The van der Waals surface area contributed by atoms with Crippen LogP contribution in [0.5, 0.6) is 0 Å². The third-order valence-corrected chi connectivity index (χ3v) is 18.4. The van der Waals surface area contributed by atoms with Crippen LogP contribution in [0.4, 0.5) is 11.6 Å². The number of aromatic nitrogens is 6. The topological polar surface area (TPSA) is 107 Å². The third kappa shape index (κ3) is 9.83. The SMILES string of the molecule is CCC1=C(C)c2nc1cc1[nH]c(c(C)c1CC)c(-c1cccc(NC(c3ccccc3)(c3ccccc3)c3ccccc3)n1)c1nc(cc3[nH]c(c(C)c3CC)c2-c2cccc(NC(c3ccccc3)(c3ccccc3)c3ccccc3)n2)C(CC)=C1C. The molecule has 0 amide bonds. The van der Waals surface area contributed by atoms with Gasteiger partial charge in [-0.15, -0.1) is 0 Å². The van der Waals surface area contributed by atoms with Crippen LogP contribution < -0.4 is 10.6 Å². The van der Waals surface area contributed by atoms with Gasteiger partial charge >= 0.3 is 0 Å². The summed E-state index contributed by atoms with van der Waals surface area (Å²) >= 11 is 0. The number of benzene rings is 6. The van der Waals surface area contributed by atoms with Gasteiger partial charge in [-0.3, -0.25) is 0 Å². The number of anilines is 2. The number of fused-ring (bicyclic) bond motifs is 8. The van der Waals surface area contributed by atoms with Gasteiger partial charge in [-0.05, 0) is 168 Å². The fraction of sp³-hybridized carbons (Fsp3) is 0.175. The first kappa shape index (κ1) is 56.9. The molecule has 2 aliphatic heterocycles. The molecule has 0 spiro atoms. The summed E-state index contributed by atoms with van der Waals surface area (Å²) in [5.41, 5.74) is 25.6. The lowest BCUT2D eigenvalue weighted by Gasteiger charge is -2.37. The van der Waals surface area contributed by atoms with Crippen molar-refractivity contribution >= 4 is 56.0 Å². The molecule has 6 aromatic carbocycles. The summed E-state index contributed by atoms with van der Waals surface area (Å²) in [6.45, 7) is 18.0. The minimum Gasteiger partial charge on any atom is -0.354 e. The van der Waals surface area contributed by atoms with Gasteiger partial charge in [-0.2, -0.15) is 0 Å². The van der Waals surface area contributed by atoms with Crippen LogP contribution in [0.2, 0.25) is 0 Å². The highest BCUT2D eigenvalue weighted by atomic mass is 15.1. The number of rotatable bonds is 16. The van der Waals surface area contributed by atoms with Gasteiger partial charge in [0, 0.05) is 11.0 Å². The number of hydrogen-bond acceptors (Lipinski definition) is 6. The van der Waals surface area contributed by atoms with E-state index in [-0.39, 0.29) is 0 Å². The van der Waals surface area contributed by atoms with Crippen LogP contribution >= 0.6 is 0 Å². The lowest BCUT2D eigenvalue weighted by atomic mass is 9.77. The summed E-state index contributed by atoms with van der Waals surface area (Å²) in [7, 11) is 0. The maximum absolute atomic E-state index is 5.79. The van der Waals surface area contributed by atoms with Crippen molar-refractivity contribution in [1.29, 1.82) is 0 Å². The second kappa shape index (κ2) is 23.9. The zero-order valence-corrected chi connectivity index (χ0v) is 51.6. The van der Waals surface area contributed by atoms with Crippen molar-refractivity contribution in [2.24, 2.45) is 0 Å². The van der Waals surface area contributed by atoms with Gasteiger partial charge in [-0.1, -0.05) is 222 Å². The van der Waals surface area contributed by atoms with E-state index in [0.29, 0.717) is 0 Å². The van der Waals surface area contributed by atoms with Crippen LogP contribution in [0.1, 0.15) is 133 Å². The Morgan fingerprint density at radius 1 is 0.330 bits per heavy atom. The molecule has 0 saturated carbocycles. The largest absolute Gasteiger partial charge is 0.354 e. The highest BCUT2D eigenvalue weighted by Gasteiger charge is 2.39. The van der Waals surface area contributed by atoms with E-state index < -0.39 is 11.1 Å². The van der Waals surface area contributed by atoms with Crippen molar-refractivity contribution in [3.63, 3.8) is 0 Å². The monoisotopic (exact) mass is 1150 g/mol. The van der Waals surface area contributed by atoms with E-state index in [9.17, 15) is 0 Å². The third-order valence-electron chi connectivity index (χ3n) is 18.4. The minimum absolute atomic E-state index is 0.733. The molecule has 0 saturated heterocycles. The lowest BCUT2D eigenvalue weighted by Crippen LogP contribution is -2.38. The Bertz CT molecular complexity index is 4130. The van der Waals surface area contributed by atoms with Gasteiger partial charge in [0.25, 0.3) is 0 Å². The van der Waals surface area contributed by atoms with E-state index >= 15 is 0 Å². The van der Waals surface area contributed by atoms with E-state index in [1.54, 1.807) is 0 Å². The van der Waals surface area contributed by atoms with E-state index in [1.807, 2.05) is 0 Å². The molecular weight excluding hydrogens is 1070 g/mol. The Hall–Kier alpha value is -10.2. The molecule has 0 atom stereocenters. The fourth-order valence-electron chi connectivity index (χ4n) is 14.0. The zero-order valence-electron chi connectivity index (χ0n) is 51.6. The zero-order chi connectivity index (χ0) is 60.5. The quantitative estimate of drug-likeness (QED) is 0.0718. The van der Waals surface area contributed by atoms with E-state index in [1.165, 1.54) is 22.3 Å². The molecule has 8 heteroatoms. The average molecular weight is 1150 g/mol. The molecule has 0 aliphatic carbocycles. The number of allylic oxidation sites excluding steroid dienone is 4. The van der Waals surface area contributed by atoms with Gasteiger partial charge in [0.05, 0.1) is 56.3 Å². The summed E-state index contributed by atoms with van der Waals surface area (Å²) in [6, 6.07) is 81.6. The molecule has 2 aliphatic rings. The van der Waals surface area contributed by atoms with Crippen molar-refractivity contribution in [3.8, 4) is 22.5 Å². The predicted molar refractivity (Wildman–Crippen MR) is 367 cm³/mol. The van der Waals surface area contributed by atoms with Crippen molar-refractivity contribution in [2.45, 2.75) is 92.2 Å². The number of aryl methyl sites for hydroxylation is 4. The Morgan fingerprint density at radius 2 is 0.625 bits per heavy atom. The predicted octanol–water partition coefficient (Wildman–Crippen LogP) is 19.7. The van der Waals surface area contributed by atoms with E-state index in [2.05, 4.69) is 307 Å². The van der Waals surface area contributed by atoms with Gasteiger partial charge in [0.1, 0.15) is 22.7 Å². The Morgan fingerprint density at radius 3 is 0.898 bits per heavy atom. The summed E-state index contributed by atoms with van der Waals surface area (Å²) in [4.78, 5) is 31.1. The van der Waals surface area contributed by atoms with Crippen molar-refractivity contribution in [1.82, 2.24) is 29.9 Å². The number of nitrogens with zero attached hydrogens (tertiary/aromatic N) is 4. The molecule has 8 bridgehead atoms. The molecule has 88 heavy (non-hydrogen) atoms. The van der Waals surface area contributed by atoms with Crippen LogP contribution in [0.3, 0.4) is 0 Å². The Labute approximate surface area is 517 Å². The first-order chi connectivity index (χ1) is 43.1. The summed E-state index contributed by atoms with van der Waals surface area (Å²) in [6.07, 6.45) is 3.17. The number of H-pyrrole nitrogens is 2. The number of hydrogen-bond donors (Lipinski definition) is 4. The number of nitrogens with one attached hydrogen (secondary N) is 4. The van der Waals surface area contributed by atoms with Gasteiger partial charge in [-0.25, -0.2) is 19.9 Å². The van der Waals surface area contributed by atoms with Gasteiger partial charge in [0.2, 0.25) is 0 Å². The molecule has 13 rings (SSSR count). The molecule has 0 fully saturated rings. The first-order valence-electron chi connectivity index (χ1n) is 31.1. The van der Waals surface area contributed by atoms with Crippen molar-refractivity contribution in [2.75, 3.05) is 10.6 Å². The maximum Gasteiger partial charge on any atom is 0.127 e. The molecule has 5 aromatic heterocycles. The van der Waals surface area contributed by atoms with Gasteiger partial charge < -0.3 is 20.6 Å². The van der Waals surface area contributed by atoms with Gasteiger partial charge in [0.15, 0.2) is 0 Å². The second-order valence-electron chi connectivity index (χ2n) is 23.1. The maximum atomic E-state index is 5.79. The van der Waals surface area contributed by atoms with Crippen molar-refractivity contribution in [3.05, 3.63) is 309 Å². The molecule has 0 radical (unpaired) electrons. The lowest BCUT2D eigenvalue weighted by molar-refractivity contribution is 0.707. The molecule has 11 aromatic rings. The summed E-state index contributed by atoms with van der Waals surface area (Å²) < 4.78 is 0. The highest BCUT2D eigenvalue weighted by molar-refractivity contribution is 6.03. The van der Waals surface area contributed by atoms with E-state index in [4.69, 9.17) is 19.9 Å².